The van der Waals surface area contributed by atoms with E-state index >= 15 is 0 Å². The highest BCUT2D eigenvalue weighted by Gasteiger charge is 2.37. The van der Waals surface area contributed by atoms with E-state index in [4.69, 9.17) is 4.74 Å². The molecule has 5 heteroatoms. The minimum absolute atomic E-state index is 0.131. The summed E-state index contributed by atoms with van der Waals surface area (Å²) >= 11 is 0. The Labute approximate surface area is 121 Å². The Bertz CT molecular complexity index is 329. The molecule has 0 aromatic carbocycles. The highest BCUT2D eigenvalue weighted by atomic mass is 16.5. The number of hydrogen-bond acceptors (Lipinski definition) is 3. The average molecular weight is 282 g/mol. The van der Waals surface area contributed by atoms with Gasteiger partial charge in [-0.25, -0.2) is 4.79 Å². The van der Waals surface area contributed by atoms with Crippen molar-refractivity contribution in [2.24, 2.45) is 11.8 Å². The lowest BCUT2D eigenvalue weighted by Crippen LogP contribution is -2.43. The van der Waals surface area contributed by atoms with Crippen LogP contribution < -0.4 is 10.6 Å². The number of nitrogens with one attached hydrogen (secondary N) is 2. The minimum atomic E-state index is -0.167. The van der Waals surface area contributed by atoms with Gasteiger partial charge in [0, 0.05) is 19.5 Å². The van der Waals surface area contributed by atoms with E-state index in [0.717, 1.165) is 25.7 Å². The first-order chi connectivity index (χ1) is 9.62. The predicted octanol–water partition coefficient (Wildman–Crippen LogP) is 2.23. The molecule has 2 amide bonds. The Kier molecular flexibility index (Phi) is 7.12. The summed E-state index contributed by atoms with van der Waals surface area (Å²) < 4.78 is 4.77. The maximum atomic E-state index is 11.5. The first-order valence-corrected chi connectivity index (χ1v) is 7.32. The van der Waals surface area contributed by atoms with Crippen LogP contribution in [0.4, 0.5) is 4.79 Å². The molecule has 3 unspecified atom stereocenters. The summed E-state index contributed by atoms with van der Waals surface area (Å²) in [5.41, 5.74) is 0. The van der Waals surface area contributed by atoms with Crippen LogP contribution >= 0.6 is 0 Å². The highest BCUT2D eigenvalue weighted by Crippen LogP contribution is 2.37. The van der Waals surface area contributed by atoms with E-state index in [1.54, 1.807) is 7.05 Å². The molecule has 0 aromatic rings. The topological polar surface area (TPSA) is 67.4 Å². The van der Waals surface area contributed by atoms with Gasteiger partial charge < -0.3 is 15.4 Å². The standard InChI is InChI=1S/C15H26N2O3/c1-4-5-6-7-12-11(10-14(18)20-3)8-9-13(12)17-15(19)16-2/h5-6,11-13H,4,7-10H2,1-3H3,(H2,16,17,19)/b6-5+. The number of amides is 2. The Balaban J connectivity index is 2.67. The van der Waals surface area contributed by atoms with Crippen molar-refractivity contribution in [1.29, 1.82) is 0 Å². The van der Waals surface area contributed by atoms with Crippen LogP contribution in [0.25, 0.3) is 0 Å². The molecular weight excluding hydrogens is 256 g/mol. The van der Waals surface area contributed by atoms with E-state index < -0.39 is 0 Å². The van der Waals surface area contributed by atoms with Crippen molar-refractivity contribution in [3.8, 4) is 0 Å². The summed E-state index contributed by atoms with van der Waals surface area (Å²) in [6.45, 7) is 2.09. The van der Waals surface area contributed by atoms with Crippen LogP contribution in [-0.2, 0) is 9.53 Å². The van der Waals surface area contributed by atoms with Crippen molar-refractivity contribution in [3.63, 3.8) is 0 Å². The zero-order valence-corrected chi connectivity index (χ0v) is 12.6. The van der Waals surface area contributed by atoms with Gasteiger partial charge in [-0.15, -0.1) is 0 Å². The fourth-order valence-electron chi connectivity index (χ4n) is 2.90. The van der Waals surface area contributed by atoms with Crippen molar-refractivity contribution in [3.05, 3.63) is 12.2 Å². The van der Waals surface area contributed by atoms with E-state index in [0.29, 0.717) is 12.3 Å². The molecule has 0 bridgehead atoms. The van der Waals surface area contributed by atoms with E-state index in [-0.39, 0.29) is 24.0 Å². The third-order valence-corrected chi connectivity index (χ3v) is 3.98. The number of rotatable bonds is 6. The number of carbonyl (C=O) groups is 2. The van der Waals surface area contributed by atoms with Gasteiger partial charge in [0.2, 0.25) is 0 Å². The summed E-state index contributed by atoms with van der Waals surface area (Å²) in [6.07, 6.45) is 8.48. The molecule has 1 aliphatic rings. The third kappa shape index (κ3) is 4.87. The largest absolute Gasteiger partial charge is 0.469 e. The van der Waals surface area contributed by atoms with Crippen molar-refractivity contribution >= 4 is 12.0 Å². The van der Waals surface area contributed by atoms with Crippen LogP contribution in [0.5, 0.6) is 0 Å². The second kappa shape index (κ2) is 8.61. The minimum Gasteiger partial charge on any atom is -0.469 e. The van der Waals surface area contributed by atoms with Gasteiger partial charge in [-0.05, 0) is 37.5 Å². The van der Waals surface area contributed by atoms with Gasteiger partial charge >= 0.3 is 12.0 Å². The van der Waals surface area contributed by atoms with Crippen molar-refractivity contribution < 1.29 is 14.3 Å². The molecule has 20 heavy (non-hydrogen) atoms. The summed E-state index contributed by atoms with van der Waals surface area (Å²) in [5.74, 6) is 0.417. The second-order valence-corrected chi connectivity index (χ2v) is 5.23. The van der Waals surface area contributed by atoms with E-state index in [1.165, 1.54) is 7.11 Å². The first-order valence-electron chi connectivity index (χ1n) is 7.32. The normalized spacial score (nSPS) is 25.6. The molecule has 0 radical (unpaired) electrons. The van der Waals surface area contributed by atoms with Gasteiger partial charge in [0.25, 0.3) is 0 Å². The number of ether oxygens (including phenoxy) is 1. The average Bonchev–Trinajstić information content (AvgIpc) is 2.81. The van der Waals surface area contributed by atoms with Crippen molar-refractivity contribution in [2.45, 2.75) is 45.1 Å². The number of hydrogen-bond donors (Lipinski definition) is 2. The van der Waals surface area contributed by atoms with Crippen LogP contribution in [-0.4, -0.2) is 32.2 Å². The zero-order valence-electron chi connectivity index (χ0n) is 12.6. The smallest absolute Gasteiger partial charge is 0.314 e. The monoisotopic (exact) mass is 282 g/mol. The Morgan fingerprint density at radius 3 is 2.65 bits per heavy atom. The lowest BCUT2D eigenvalue weighted by atomic mass is 9.88. The molecule has 0 aliphatic heterocycles. The summed E-state index contributed by atoms with van der Waals surface area (Å²) in [7, 11) is 3.03. The molecular formula is C15H26N2O3. The zero-order chi connectivity index (χ0) is 15.0. The van der Waals surface area contributed by atoms with Gasteiger partial charge in [0.05, 0.1) is 7.11 Å². The number of carbonyl (C=O) groups excluding carboxylic acids is 2. The Hall–Kier alpha value is -1.52. The van der Waals surface area contributed by atoms with E-state index in [9.17, 15) is 9.59 Å². The molecule has 1 fully saturated rings. The number of allylic oxidation sites excluding steroid dienone is 2. The Morgan fingerprint density at radius 2 is 2.05 bits per heavy atom. The molecule has 1 rings (SSSR count). The quantitative estimate of drug-likeness (QED) is 0.580. The van der Waals surface area contributed by atoms with Gasteiger partial charge in [-0.1, -0.05) is 19.1 Å². The number of esters is 1. The van der Waals surface area contributed by atoms with E-state index in [2.05, 4.69) is 29.7 Å². The van der Waals surface area contributed by atoms with Gasteiger partial charge in [-0.3, -0.25) is 4.79 Å². The molecule has 1 saturated carbocycles. The van der Waals surface area contributed by atoms with Crippen LogP contribution in [0.3, 0.4) is 0 Å². The molecule has 1 aliphatic carbocycles. The molecule has 114 valence electrons. The van der Waals surface area contributed by atoms with Crippen LogP contribution in [0, 0.1) is 11.8 Å². The SMILES string of the molecule is CC/C=C/CC1C(CC(=O)OC)CCC1NC(=O)NC. The van der Waals surface area contributed by atoms with Gasteiger partial charge in [0.15, 0.2) is 0 Å². The fraction of sp³-hybridized carbons (Fsp3) is 0.733. The lowest BCUT2D eigenvalue weighted by Gasteiger charge is -2.24. The highest BCUT2D eigenvalue weighted by molar-refractivity contribution is 5.74. The molecule has 2 N–H and O–H groups in total. The maximum absolute atomic E-state index is 11.5. The molecule has 5 nitrogen and oxygen atoms in total. The predicted molar refractivity (Wildman–Crippen MR) is 78.3 cm³/mol. The third-order valence-electron chi connectivity index (χ3n) is 3.98. The Morgan fingerprint density at radius 1 is 1.30 bits per heavy atom. The van der Waals surface area contributed by atoms with Crippen molar-refractivity contribution in [2.75, 3.05) is 14.2 Å². The van der Waals surface area contributed by atoms with Crippen molar-refractivity contribution in [1.82, 2.24) is 10.6 Å². The molecule has 3 atom stereocenters. The molecule has 0 spiro atoms. The first kappa shape index (κ1) is 16.5. The molecule has 0 aromatic heterocycles. The van der Waals surface area contributed by atoms with Crippen LogP contribution in [0.2, 0.25) is 0 Å². The van der Waals surface area contributed by atoms with E-state index in [1.807, 2.05) is 0 Å². The van der Waals surface area contributed by atoms with Gasteiger partial charge in [0.1, 0.15) is 0 Å². The number of methoxy groups -OCH3 is 1. The van der Waals surface area contributed by atoms with Gasteiger partial charge in [-0.2, -0.15) is 0 Å². The fourth-order valence-corrected chi connectivity index (χ4v) is 2.90. The number of urea groups is 1. The van der Waals surface area contributed by atoms with Crippen LogP contribution in [0.15, 0.2) is 12.2 Å². The molecule has 0 heterocycles. The second-order valence-electron chi connectivity index (χ2n) is 5.23. The summed E-state index contributed by atoms with van der Waals surface area (Å²) in [5, 5.41) is 5.58. The lowest BCUT2D eigenvalue weighted by molar-refractivity contribution is -0.142. The molecule has 0 saturated heterocycles. The summed E-state index contributed by atoms with van der Waals surface area (Å²) in [4.78, 5) is 23.0. The van der Waals surface area contributed by atoms with Crippen LogP contribution in [0.1, 0.15) is 39.0 Å². The summed E-state index contributed by atoms with van der Waals surface area (Å²) in [6, 6.07) is -0.0238. The maximum Gasteiger partial charge on any atom is 0.314 e.